The Morgan fingerprint density at radius 1 is 1.10 bits per heavy atom. The van der Waals surface area contributed by atoms with E-state index in [1.165, 1.54) is 16.7 Å². The van der Waals surface area contributed by atoms with E-state index in [2.05, 4.69) is 6.58 Å². The molecular formula is C22H19Cl2NO3S2. The number of hydrogen-bond acceptors (Lipinski definition) is 5. The number of carbonyl (C=O) groups excluding carboxylic acids is 1. The summed E-state index contributed by atoms with van der Waals surface area (Å²) in [5, 5.41) is 1.15. The third-order valence-electron chi connectivity index (χ3n) is 4.07. The first-order valence-electron chi connectivity index (χ1n) is 9.15. The first kappa shape index (κ1) is 22.7. The van der Waals surface area contributed by atoms with Crippen LogP contribution in [0.15, 0.2) is 60.0 Å². The van der Waals surface area contributed by atoms with Gasteiger partial charge in [-0.15, -0.1) is 6.58 Å². The molecule has 30 heavy (non-hydrogen) atoms. The molecule has 1 aliphatic rings. The lowest BCUT2D eigenvalue weighted by Gasteiger charge is -2.10. The SMILES string of the molecule is C=CCN1C(=O)C(=Cc2ccc(OCCCOc3ccc(Cl)cc3)c(Cl)c2)SC1=S. The minimum atomic E-state index is -0.123. The normalized spacial score (nSPS) is 15.0. The summed E-state index contributed by atoms with van der Waals surface area (Å²) < 4.78 is 11.9. The molecule has 156 valence electrons. The van der Waals surface area contributed by atoms with Crippen LogP contribution in [0.3, 0.4) is 0 Å². The van der Waals surface area contributed by atoms with Crippen LogP contribution < -0.4 is 9.47 Å². The van der Waals surface area contributed by atoms with Crippen molar-refractivity contribution in [3.63, 3.8) is 0 Å². The second-order valence-corrected chi connectivity index (χ2v) is 8.79. The number of rotatable bonds is 9. The van der Waals surface area contributed by atoms with Crippen LogP contribution in [-0.2, 0) is 4.79 Å². The van der Waals surface area contributed by atoms with Crippen LogP contribution >= 0.6 is 47.2 Å². The molecule has 0 aromatic heterocycles. The van der Waals surface area contributed by atoms with Crippen molar-refractivity contribution >= 4 is 63.5 Å². The Morgan fingerprint density at radius 2 is 1.83 bits per heavy atom. The summed E-state index contributed by atoms with van der Waals surface area (Å²) in [6.07, 6.45) is 4.13. The van der Waals surface area contributed by atoms with Gasteiger partial charge in [-0.05, 0) is 48.0 Å². The van der Waals surface area contributed by atoms with Crippen LogP contribution in [0.5, 0.6) is 11.5 Å². The van der Waals surface area contributed by atoms with Crippen molar-refractivity contribution in [2.24, 2.45) is 0 Å². The predicted molar refractivity (Wildman–Crippen MR) is 129 cm³/mol. The van der Waals surface area contributed by atoms with Crippen LogP contribution in [0.2, 0.25) is 10.0 Å². The average Bonchev–Trinajstić information content (AvgIpc) is 2.98. The van der Waals surface area contributed by atoms with Gasteiger partial charge < -0.3 is 9.47 Å². The van der Waals surface area contributed by atoms with Gasteiger partial charge >= 0.3 is 0 Å². The number of hydrogen-bond donors (Lipinski definition) is 0. The number of halogens is 2. The summed E-state index contributed by atoms with van der Waals surface area (Å²) in [4.78, 5) is 14.5. The largest absolute Gasteiger partial charge is 0.493 e. The standard InChI is InChI=1S/C22H19Cl2NO3S2/c1-2-10-25-21(26)20(30-22(25)29)14-15-4-9-19(18(24)13-15)28-12-3-11-27-17-7-5-16(23)6-8-17/h2,4-9,13-14H,1,3,10-12H2. The lowest BCUT2D eigenvalue weighted by atomic mass is 10.2. The predicted octanol–water partition coefficient (Wildman–Crippen LogP) is 6.23. The summed E-state index contributed by atoms with van der Waals surface area (Å²) in [6.45, 7) is 5.03. The highest BCUT2D eigenvalue weighted by atomic mass is 35.5. The minimum Gasteiger partial charge on any atom is -0.493 e. The number of amides is 1. The molecule has 8 heteroatoms. The van der Waals surface area contributed by atoms with E-state index in [0.717, 1.165) is 11.3 Å². The van der Waals surface area contributed by atoms with E-state index >= 15 is 0 Å². The monoisotopic (exact) mass is 479 g/mol. The summed E-state index contributed by atoms with van der Waals surface area (Å²) in [7, 11) is 0. The van der Waals surface area contributed by atoms with Gasteiger partial charge in [-0.25, -0.2) is 0 Å². The molecular weight excluding hydrogens is 461 g/mol. The van der Waals surface area contributed by atoms with Gasteiger partial charge in [0, 0.05) is 18.0 Å². The molecule has 2 aromatic carbocycles. The molecule has 4 nitrogen and oxygen atoms in total. The second-order valence-electron chi connectivity index (χ2n) is 6.28. The lowest BCUT2D eigenvalue weighted by Crippen LogP contribution is -2.27. The van der Waals surface area contributed by atoms with E-state index in [-0.39, 0.29) is 5.91 Å². The molecule has 0 bridgehead atoms. The van der Waals surface area contributed by atoms with Gasteiger partial charge in [0.1, 0.15) is 15.8 Å². The number of thiocarbonyl (C=S) groups is 1. The van der Waals surface area contributed by atoms with Gasteiger partial charge in [0.05, 0.1) is 23.1 Å². The third kappa shape index (κ3) is 6.01. The maximum atomic E-state index is 12.4. The zero-order valence-electron chi connectivity index (χ0n) is 16.0. The van der Waals surface area contributed by atoms with Crippen molar-refractivity contribution in [1.82, 2.24) is 4.90 Å². The van der Waals surface area contributed by atoms with Crippen molar-refractivity contribution in [2.75, 3.05) is 19.8 Å². The molecule has 1 fully saturated rings. The molecule has 1 heterocycles. The Morgan fingerprint density at radius 3 is 2.53 bits per heavy atom. The minimum absolute atomic E-state index is 0.123. The van der Waals surface area contributed by atoms with Gasteiger partial charge in [-0.3, -0.25) is 9.69 Å². The number of nitrogens with zero attached hydrogens (tertiary/aromatic N) is 1. The smallest absolute Gasteiger partial charge is 0.266 e. The molecule has 2 aromatic rings. The highest BCUT2D eigenvalue weighted by molar-refractivity contribution is 8.26. The van der Waals surface area contributed by atoms with Gasteiger partial charge in [-0.1, -0.05) is 59.3 Å². The molecule has 0 radical (unpaired) electrons. The molecule has 3 rings (SSSR count). The molecule has 0 saturated carbocycles. The molecule has 0 spiro atoms. The van der Waals surface area contributed by atoms with Crippen LogP contribution in [-0.4, -0.2) is 34.9 Å². The first-order valence-corrected chi connectivity index (χ1v) is 11.1. The van der Waals surface area contributed by atoms with Crippen LogP contribution in [0.25, 0.3) is 6.08 Å². The van der Waals surface area contributed by atoms with E-state index in [1.807, 2.05) is 18.2 Å². The zero-order valence-corrected chi connectivity index (χ0v) is 19.1. The fraction of sp³-hybridized carbons (Fsp3) is 0.182. The van der Waals surface area contributed by atoms with E-state index < -0.39 is 0 Å². The van der Waals surface area contributed by atoms with Crippen molar-refractivity contribution in [3.05, 3.63) is 75.6 Å². The average molecular weight is 480 g/mol. The third-order valence-corrected chi connectivity index (χ3v) is 5.99. The summed E-state index contributed by atoms with van der Waals surface area (Å²) in [5.74, 6) is 1.22. The molecule has 0 aliphatic carbocycles. The Bertz CT molecular complexity index is 977. The Balaban J connectivity index is 1.51. The van der Waals surface area contributed by atoms with Crippen molar-refractivity contribution < 1.29 is 14.3 Å². The van der Waals surface area contributed by atoms with E-state index in [0.29, 0.717) is 51.2 Å². The second kappa shape index (κ2) is 10.9. The quantitative estimate of drug-likeness (QED) is 0.184. The maximum Gasteiger partial charge on any atom is 0.266 e. The van der Waals surface area contributed by atoms with Gasteiger partial charge in [0.25, 0.3) is 5.91 Å². The van der Waals surface area contributed by atoms with Crippen LogP contribution in [0.4, 0.5) is 0 Å². The fourth-order valence-electron chi connectivity index (χ4n) is 2.62. The van der Waals surface area contributed by atoms with Crippen LogP contribution in [0, 0.1) is 0 Å². The fourth-order valence-corrected chi connectivity index (χ4v) is 4.27. The van der Waals surface area contributed by atoms with E-state index in [9.17, 15) is 4.79 Å². The molecule has 1 amide bonds. The molecule has 0 atom stereocenters. The first-order chi connectivity index (χ1) is 14.5. The topological polar surface area (TPSA) is 38.8 Å². The van der Waals surface area contributed by atoms with E-state index in [1.54, 1.807) is 36.4 Å². The highest BCUT2D eigenvalue weighted by Crippen LogP contribution is 2.34. The van der Waals surface area contributed by atoms with Gasteiger partial charge in [0.15, 0.2) is 0 Å². The Labute approximate surface area is 195 Å². The molecule has 0 unspecified atom stereocenters. The Kier molecular flexibility index (Phi) is 8.22. The summed E-state index contributed by atoms with van der Waals surface area (Å²) in [5.41, 5.74) is 0.803. The Hall–Kier alpha value is -1.99. The van der Waals surface area contributed by atoms with Crippen molar-refractivity contribution in [1.29, 1.82) is 0 Å². The van der Waals surface area contributed by atoms with Crippen LogP contribution in [0.1, 0.15) is 12.0 Å². The molecule has 1 saturated heterocycles. The lowest BCUT2D eigenvalue weighted by molar-refractivity contribution is -0.121. The maximum absolute atomic E-state index is 12.4. The summed E-state index contributed by atoms with van der Waals surface area (Å²) in [6, 6.07) is 12.6. The van der Waals surface area contributed by atoms with Gasteiger partial charge in [0.2, 0.25) is 0 Å². The van der Waals surface area contributed by atoms with Gasteiger partial charge in [-0.2, -0.15) is 0 Å². The van der Waals surface area contributed by atoms with Crippen molar-refractivity contribution in [2.45, 2.75) is 6.42 Å². The number of benzene rings is 2. The molecule has 0 N–H and O–H groups in total. The number of thioether (sulfide) groups is 1. The van der Waals surface area contributed by atoms with E-state index in [4.69, 9.17) is 44.9 Å². The number of ether oxygens (including phenoxy) is 2. The van der Waals surface area contributed by atoms with Crippen molar-refractivity contribution in [3.8, 4) is 11.5 Å². The molecule has 1 aliphatic heterocycles. The zero-order chi connectivity index (χ0) is 21.5. The number of carbonyl (C=O) groups is 1. The summed E-state index contributed by atoms with van der Waals surface area (Å²) >= 11 is 18.7. The highest BCUT2D eigenvalue weighted by Gasteiger charge is 2.30.